The van der Waals surface area contributed by atoms with Crippen molar-refractivity contribution in [3.63, 3.8) is 0 Å². The fourth-order valence-electron chi connectivity index (χ4n) is 3.00. The Bertz CT molecular complexity index is 1140. The Hall–Kier alpha value is -3.52. The molecule has 0 saturated heterocycles. The second-order valence-corrected chi connectivity index (χ2v) is 6.47. The summed E-state index contributed by atoms with van der Waals surface area (Å²) in [7, 11) is 4.70. The molecule has 0 amide bonds. The maximum absolute atomic E-state index is 5.98. The SMILES string of the molecule is COc1cc(Nc2ncnc3c2cnn3-c2ccc(Cl)cc2)cc(OC)c1OC. The maximum atomic E-state index is 5.98. The summed E-state index contributed by atoms with van der Waals surface area (Å²) in [5.41, 5.74) is 2.23. The number of hydrogen-bond acceptors (Lipinski definition) is 7. The van der Waals surface area contributed by atoms with Crippen LogP contribution in [0.1, 0.15) is 0 Å². The summed E-state index contributed by atoms with van der Waals surface area (Å²) in [6.07, 6.45) is 3.20. The average molecular weight is 412 g/mol. The maximum Gasteiger partial charge on any atom is 0.203 e. The summed E-state index contributed by atoms with van der Waals surface area (Å²) in [5, 5.41) is 9.15. The predicted octanol–water partition coefficient (Wildman–Crippen LogP) is 4.24. The van der Waals surface area contributed by atoms with E-state index in [0.29, 0.717) is 33.7 Å². The van der Waals surface area contributed by atoms with Gasteiger partial charge in [-0.2, -0.15) is 5.10 Å². The number of aromatic nitrogens is 4. The first-order valence-corrected chi connectivity index (χ1v) is 9.04. The molecule has 0 bridgehead atoms. The van der Waals surface area contributed by atoms with Crippen molar-refractivity contribution in [1.29, 1.82) is 0 Å². The number of nitrogens with zero attached hydrogens (tertiary/aromatic N) is 4. The van der Waals surface area contributed by atoms with Crippen molar-refractivity contribution in [3.05, 3.63) is 53.9 Å². The summed E-state index contributed by atoms with van der Waals surface area (Å²) in [4.78, 5) is 8.75. The zero-order valence-corrected chi connectivity index (χ0v) is 16.8. The van der Waals surface area contributed by atoms with Crippen molar-refractivity contribution in [2.45, 2.75) is 0 Å². The molecule has 2 aromatic heterocycles. The van der Waals surface area contributed by atoms with Crippen molar-refractivity contribution in [1.82, 2.24) is 19.7 Å². The standard InChI is InChI=1S/C20H18ClN5O3/c1-27-16-8-13(9-17(28-2)18(16)29-3)25-19-15-10-24-26(20(15)23-11-22-19)14-6-4-12(21)5-7-14/h4-11H,1-3H3,(H,22,23,25). The molecule has 29 heavy (non-hydrogen) atoms. The van der Waals surface area contributed by atoms with E-state index < -0.39 is 0 Å². The van der Waals surface area contributed by atoms with E-state index >= 15 is 0 Å². The van der Waals surface area contributed by atoms with Crippen LogP contribution in [0.15, 0.2) is 48.9 Å². The summed E-state index contributed by atoms with van der Waals surface area (Å²) in [6, 6.07) is 11.0. The lowest BCUT2D eigenvalue weighted by Gasteiger charge is -2.15. The highest BCUT2D eigenvalue weighted by atomic mass is 35.5. The predicted molar refractivity (Wildman–Crippen MR) is 111 cm³/mol. The Morgan fingerprint density at radius 1 is 0.931 bits per heavy atom. The average Bonchev–Trinajstić information content (AvgIpc) is 3.18. The first kappa shape index (κ1) is 18.8. The molecule has 8 nitrogen and oxygen atoms in total. The minimum Gasteiger partial charge on any atom is -0.493 e. The van der Waals surface area contributed by atoms with Crippen LogP contribution in [0.25, 0.3) is 16.7 Å². The van der Waals surface area contributed by atoms with Gasteiger partial charge in [0.1, 0.15) is 12.1 Å². The van der Waals surface area contributed by atoms with Gasteiger partial charge in [-0.3, -0.25) is 0 Å². The summed E-state index contributed by atoms with van der Waals surface area (Å²) in [6.45, 7) is 0. The van der Waals surface area contributed by atoms with Gasteiger partial charge >= 0.3 is 0 Å². The van der Waals surface area contributed by atoms with Gasteiger partial charge in [0, 0.05) is 22.8 Å². The lowest BCUT2D eigenvalue weighted by molar-refractivity contribution is 0.324. The van der Waals surface area contributed by atoms with E-state index in [4.69, 9.17) is 25.8 Å². The summed E-state index contributed by atoms with van der Waals surface area (Å²) < 4.78 is 17.9. The molecule has 0 aliphatic rings. The molecule has 0 atom stereocenters. The van der Waals surface area contributed by atoms with E-state index in [2.05, 4.69) is 20.4 Å². The number of fused-ring (bicyclic) bond motifs is 1. The first-order chi connectivity index (χ1) is 14.1. The number of methoxy groups -OCH3 is 3. The molecule has 0 radical (unpaired) electrons. The van der Waals surface area contributed by atoms with Gasteiger partial charge in [-0.1, -0.05) is 11.6 Å². The van der Waals surface area contributed by atoms with Gasteiger partial charge < -0.3 is 19.5 Å². The quantitative estimate of drug-likeness (QED) is 0.508. The molecule has 0 fully saturated rings. The molecule has 1 N–H and O–H groups in total. The van der Waals surface area contributed by atoms with E-state index in [-0.39, 0.29) is 0 Å². The number of benzene rings is 2. The van der Waals surface area contributed by atoms with Crippen LogP contribution in [0.5, 0.6) is 17.2 Å². The van der Waals surface area contributed by atoms with Crippen LogP contribution in [0.2, 0.25) is 5.02 Å². The fraction of sp³-hybridized carbons (Fsp3) is 0.150. The van der Waals surface area contributed by atoms with E-state index in [9.17, 15) is 0 Å². The smallest absolute Gasteiger partial charge is 0.203 e. The number of anilines is 2. The lowest BCUT2D eigenvalue weighted by atomic mass is 10.2. The van der Waals surface area contributed by atoms with Crippen LogP contribution >= 0.6 is 11.6 Å². The summed E-state index contributed by atoms with van der Waals surface area (Å²) in [5.74, 6) is 2.20. The normalized spacial score (nSPS) is 10.8. The third-order valence-electron chi connectivity index (χ3n) is 4.36. The number of nitrogens with one attached hydrogen (secondary N) is 1. The molecule has 0 unspecified atom stereocenters. The summed E-state index contributed by atoms with van der Waals surface area (Å²) >= 11 is 5.98. The molecular weight excluding hydrogens is 394 g/mol. The molecule has 0 saturated carbocycles. The van der Waals surface area contributed by atoms with Crippen LogP contribution < -0.4 is 19.5 Å². The van der Waals surface area contributed by atoms with Gasteiger partial charge in [-0.15, -0.1) is 0 Å². The number of halogens is 1. The van der Waals surface area contributed by atoms with Gasteiger partial charge in [-0.05, 0) is 24.3 Å². The van der Waals surface area contributed by atoms with Crippen molar-refractivity contribution in [3.8, 4) is 22.9 Å². The minimum atomic E-state index is 0.518. The van der Waals surface area contributed by atoms with E-state index in [1.54, 1.807) is 56.5 Å². The van der Waals surface area contributed by atoms with Gasteiger partial charge in [-0.25, -0.2) is 14.6 Å². The first-order valence-electron chi connectivity index (χ1n) is 8.66. The second-order valence-electron chi connectivity index (χ2n) is 6.03. The second kappa shape index (κ2) is 7.84. The molecular formula is C20H18ClN5O3. The number of rotatable bonds is 6. The molecule has 4 rings (SSSR count). The van der Waals surface area contributed by atoms with Crippen LogP contribution in [-0.4, -0.2) is 41.1 Å². The van der Waals surface area contributed by atoms with Crippen LogP contribution in [0.3, 0.4) is 0 Å². The zero-order valence-electron chi connectivity index (χ0n) is 16.0. The van der Waals surface area contributed by atoms with Crippen molar-refractivity contribution < 1.29 is 14.2 Å². The lowest BCUT2D eigenvalue weighted by Crippen LogP contribution is -2.01. The van der Waals surface area contributed by atoms with Gasteiger partial charge in [0.15, 0.2) is 17.1 Å². The minimum absolute atomic E-state index is 0.518. The van der Waals surface area contributed by atoms with Crippen molar-refractivity contribution in [2.75, 3.05) is 26.6 Å². The van der Waals surface area contributed by atoms with Gasteiger partial charge in [0.25, 0.3) is 0 Å². The van der Waals surface area contributed by atoms with E-state index in [1.165, 1.54) is 6.33 Å². The van der Waals surface area contributed by atoms with Gasteiger partial charge in [0.05, 0.1) is 38.6 Å². The van der Waals surface area contributed by atoms with Crippen molar-refractivity contribution in [2.24, 2.45) is 0 Å². The van der Waals surface area contributed by atoms with Crippen LogP contribution in [0.4, 0.5) is 11.5 Å². The molecule has 4 aromatic rings. The molecule has 2 heterocycles. The Morgan fingerprint density at radius 3 is 2.24 bits per heavy atom. The Labute approximate surface area is 172 Å². The highest BCUT2D eigenvalue weighted by Crippen LogP contribution is 2.40. The Morgan fingerprint density at radius 2 is 1.62 bits per heavy atom. The topological polar surface area (TPSA) is 83.3 Å². The molecule has 0 aliphatic heterocycles. The highest BCUT2D eigenvalue weighted by Gasteiger charge is 2.16. The third-order valence-corrected chi connectivity index (χ3v) is 4.62. The zero-order chi connectivity index (χ0) is 20.4. The Kier molecular flexibility index (Phi) is 5.09. The monoisotopic (exact) mass is 411 g/mol. The number of ether oxygens (including phenoxy) is 3. The molecule has 0 spiro atoms. The van der Waals surface area contributed by atoms with Crippen LogP contribution in [-0.2, 0) is 0 Å². The van der Waals surface area contributed by atoms with Gasteiger partial charge in [0.2, 0.25) is 5.75 Å². The molecule has 0 aliphatic carbocycles. The van der Waals surface area contributed by atoms with Crippen LogP contribution in [0, 0.1) is 0 Å². The fourth-order valence-corrected chi connectivity index (χ4v) is 3.13. The highest BCUT2D eigenvalue weighted by molar-refractivity contribution is 6.30. The molecule has 148 valence electrons. The third kappa shape index (κ3) is 3.50. The molecule has 2 aromatic carbocycles. The number of hydrogen-bond donors (Lipinski definition) is 1. The van der Waals surface area contributed by atoms with E-state index in [0.717, 1.165) is 16.8 Å². The Balaban J connectivity index is 1.75. The van der Waals surface area contributed by atoms with Crippen molar-refractivity contribution >= 4 is 34.1 Å². The largest absolute Gasteiger partial charge is 0.493 e. The van der Waals surface area contributed by atoms with E-state index in [1.807, 2.05) is 12.1 Å². The molecule has 9 heteroatoms.